The van der Waals surface area contributed by atoms with Gasteiger partial charge in [-0.2, -0.15) is 13.2 Å². The third kappa shape index (κ3) is 5.34. The number of fused-ring (bicyclic) bond motifs is 1. The second-order valence-electron chi connectivity index (χ2n) is 7.45. The summed E-state index contributed by atoms with van der Waals surface area (Å²) in [6.45, 7) is 5.21. The van der Waals surface area contributed by atoms with Crippen LogP contribution in [0.1, 0.15) is 25.0 Å². The first-order valence-corrected chi connectivity index (χ1v) is 9.23. The second kappa shape index (κ2) is 8.23. The minimum absolute atomic E-state index is 0.126. The van der Waals surface area contributed by atoms with E-state index in [0.29, 0.717) is 31.3 Å². The van der Waals surface area contributed by atoms with Crippen LogP contribution in [0.15, 0.2) is 42.5 Å². The number of rotatable bonds is 6. The van der Waals surface area contributed by atoms with Gasteiger partial charge in [0.15, 0.2) is 11.5 Å². The summed E-state index contributed by atoms with van der Waals surface area (Å²) in [6.07, 6.45) is -4.42. The lowest BCUT2D eigenvalue weighted by atomic mass is 9.84. The lowest BCUT2D eigenvalue weighted by Gasteiger charge is -2.28. The summed E-state index contributed by atoms with van der Waals surface area (Å²) in [5, 5.41) is 5.55. The van der Waals surface area contributed by atoms with E-state index in [1.165, 1.54) is 12.1 Å². The lowest BCUT2D eigenvalue weighted by Crippen LogP contribution is -2.39. The van der Waals surface area contributed by atoms with Gasteiger partial charge in [0.2, 0.25) is 5.91 Å². The van der Waals surface area contributed by atoms with Crippen molar-refractivity contribution in [1.29, 1.82) is 0 Å². The van der Waals surface area contributed by atoms with E-state index in [4.69, 9.17) is 9.47 Å². The molecule has 1 aliphatic rings. The molecule has 0 unspecified atom stereocenters. The SMILES string of the molecule is CC(C)(CNC(=O)CNc1cccc(C(F)(F)F)c1)c1ccc2c(c1)OCCO2. The highest BCUT2D eigenvalue weighted by Gasteiger charge is 2.30. The molecule has 0 spiro atoms. The fourth-order valence-electron chi connectivity index (χ4n) is 2.94. The van der Waals surface area contributed by atoms with Crippen molar-refractivity contribution in [1.82, 2.24) is 5.32 Å². The van der Waals surface area contributed by atoms with E-state index < -0.39 is 11.7 Å². The normalized spacial score (nSPS) is 13.7. The molecule has 1 aliphatic heterocycles. The highest BCUT2D eigenvalue weighted by Crippen LogP contribution is 2.35. The third-order valence-corrected chi connectivity index (χ3v) is 4.69. The van der Waals surface area contributed by atoms with E-state index in [-0.39, 0.29) is 23.6 Å². The van der Waals surface area contributed by atoms with E-state index in [9.17, 15) is 18.0 Å². The average Bonchev–Trinajstić information content (AvgIpc) is 2.70. The summed E-state index contributed by atoms with van der Waals surface area (Å²) in [5.41, 5.74) is 0.0819. The largest absolute Gasteiger partial charge is 0.486 e. The second-order valence-corrected chi connectivity index (χ2v) is 7.45. The number of hydrogen-bond acceptors (Lipinski definition) is 4. The molecule has 5 nitrogen and oxygen atoms in total. The van der Waals surface area contributed by atoms with Gasteiger partial charge in [-0.25, -0.2) is 0 Å². The van der Waals surface area contributed by atoms with Crippen molar-refractivity contribution in [3.05, 3.63) is 53.6 Å². The molecule has 0 atom stereocenters. The van der Waals surface area contributed by atoms with Gasteiger partial charge >= 0.3 is 6.18 Å². The van der Waals surface area contributed by atoms with Crippen molar-refractivity contribution in [2.45, 2.75) is 25.4 Å². The number of carbonyl (C=O) groups is 1. The van der Waals surface area contributed by atoms with Gasteiger partial charge < -0.3 is 20.1 Å². The number of hydrogen-bond donors (Lipinski definition) is 2. The topological polar surface area (TPSA) is 59.6 Å². The van der Waals surface area contributed by atoms with Crippen molar-refractivity contribution in [2.24, 2.45) is 0 Å². The molecular weight excluding hydrogens is 385 g/mol. The van der Waals surface area contributed by atoms with E-state index in [1.54, 1.807) is 0 Å². The van der Waals surface area contributed by atoms with Crippen molar-refractivity contribution in [2.75, 3.05) is 31.6 Å². The number of benzene rings is 2. The van der Waals surface area contributed by atoms with Gasteiger partial charge in [-0.05, 0) is 35.9 Å². The molecule has 0 saturated carbocycles. The van der Waals surface area contributed by atoms with Crippen LogP contribution in [-0.2, 0) is 16.4 Å². The Bertz CT molecular complexity index is 882. The van der Waals surface area contributed by atoms with Crippen LogP contribution in [-0.4, -0.2) is 32.2 Å². The summed E-state index contributed by atoms with van der Waals surface area (Å²) in [4.78, 5) is 12.2. The monoisotopic (exact) mass is 408 g/mol. The Labute approximate surface area is 167 Å². The van der Waals surface area contributed by atoms with Gasteiger partial charge in [0, 0.05) is 17.6 Å². The van der Waals surface area contributed by atoms with E-state index >= 15 is 0 Å². The molecule has 2 aromatic carbocycles. The predicted octanol–water partition coefficient (Wildman–Crippen LogP) is 3.98. The van der Waals surface area contributed by atoms with Crippen LogP contribution in [0.5, 0.6) is 11.5 Å². The van der Waals surface area contributed by atoms with Crippen LogP contribution in [0.4, 0.5) is 18.9 Å². The molecular formula is C21H23F3N2O3. The first-order valence-electron chi connectivity index (χ1n) is 9.23. The molecule has 0 radical (unpaired) electrons. The first-order chi connectivity index (χ1) is 13.6. The van der Waals surface area contributed by atoms with Gasteiger partial charge in [-0.3, -0.25) is 4.79 Å². The van der Waals surface area contributed by atoms with Crippen LogP contribution in [0.2, 0.25) is 0 Å². The fraction of sp³-hybridized carbons (Fsp3) is 0.381. The molecule has 2 aromatic rings. The molecule has 29 heavy (non-hydrogen) atoms. The number of nitrogens with one attached hydrogen (secondary N) is 2. The van der Waals surface area contributed by atoms with Crippen molar-refractivity contribution >= 4 is 11.6 Å². The van der Waals surface area contributed by atoms with Crippen LogP contribution in [0.25, 0.3) is 0 Å². The molecule has 0 saturated heterocycles. The maximum atomic E-state index is 12.8. The van der Waals surface area contributed by atoms with Crippen molar-refractivity contribution in [3.63, 3.8) is 0 Å². The number of amides is 1. The maximum Gasteiger partial charge on any atom is 0.416 e. The zero-order chi connectivity index (χ0) is 21.1. The molecule has 2 N–H and O–H groups in total. The molecule has 156 valence electrons. The van der Waals surface area contributed by atoms with Crippen LogP contribution in [0.3, 0.4) is 0 Å². The van der Waals surface area contributed by atoms with Gasteiger partial charge in [-0.1, -0.05) is 26.0 Å². The maximum absolute atomic E-state index is 12.8. The summed E-state index contributed by atoms with van der Waals surface area (Å²) >= 11 is 0. The Morgan fingerprint density at radius 3 is 2.45 bits per heavy atom. The Balaban J connectivity index is 1.55. The van der Waals surface area contributed by atoms with Gasteiger partial charge in [-0.15, -0.1) is 0 Å². The minimum Gasteiger partial charge on any atom is -0.486 e. The number of alkyl halides is 3. The summed E-state index contributed by atoms with van der Waals surface area (Å²) < 4.78 is 49.4. The number of halogens is 3. The minimum atomic E-state index is -4.42. The molecule has 0 aromatic heterocycles. The van der Waals surface area contributed by atoms with E-state index in [0.717, 1.165) is 17.7 Å². The standard InChI is InChI=1S/C21H23F3N2O3/c1-20(2,14-6-7-17-18(11-14)29-9-8-28-17)13-26-19(27)12-25-16-5-3-4-15(10-16)21(22,23)24/h3-7,10-11,25H,8-9,12-13H2,1-2H3,(H,26,27). The molecule has 0 aliphatic carbocycles. The Hall–Kier alpha value is -2.90. The lowest BCUT2D eigenvalue weighted by molar-refractivity contribution is -0.137. The van der Waals surface area contributed by atoms with E-state index in [2.05, 4.69) is 10.6 Å². The van der Waals surface area contributed by atoms with Gasteiger partial charge in [0.1, 0.15) is 13.2 Å². The summed E-state index contributed by atoms with van der Waals surface area (Å²) in [7, 11) is 0. The number of carbonyl (C=O) groups excluding carboxylic acids is 1. The zero-order valence-electron chi connectivity index (χ0n) is 16.2. The number of anilines is 1. The fourth-order valence-corrected chi connectivity index (χ4v) is 2.94. The Kier molecular flexibility index (Phi) is 5.91. The average molecular weight is 408 g/mol. The smallest absolute Gasteiger partial charge is 0.416 e. The zero-order valence-corrected chi connectivity index (χ0v) is 16.2. The molecule has 8 heteroatoms. The number of ether oxygens (including phenoxy) is 2. The molecule has 0 fully saturated rings. The summed E-state index contributed by atoms with van der Waals surface area (Å²) in [6, 6.07) is 10.4. The van der Waals surface area contributed by atoms with Crippen LogP contribution < -0.4 is 20.1 Å². The van der Waals surface area contributed by atoms with Crippen LogP contribution in [0, 0.1) is 0 Å². The Morgan fingerprint density at radius 1 is 1.00 bits per heavy atom. The van der Waals surface area contributed by atoms with Gasteiger partial charge in [0.05, 0.1) is 12.1 Å². The predicted molar refractivity (Wildman–Crippen MR) is 103 cm³/mol. The molecule has 1 amide bonds. The van der Waals surface area contributed by atoms with Crippen molar-refractivity contribution < 1.29 is 27.4 Å². The first kappa shape index (κ1) is 20.8. The molecule has 1 heterocycles. The van der Waals surface area contributed by atoms with Crippen molar-refractivity contribution in [3.8, 4) is 11.5 Å². The van der Waals surface area contributed by atoms with Gasteiger partial charge in [0.25, 0.3) is 0 Å². The quantitative estimate of drug-likeness (QED) is 0.759. The molecule has 0 bridgehead atoms. The highest BCUT2D eigenvalue weighted by molar-refractivity contribution is 5.80. The molecule has 3 rings (SSSR count). The van der Waals surface area contributed by atoms with E-state index in [1.807, 2.05) is 32.0 Å². The summed E-state index contributed by atoms with van der Waals surface area (Å²) in [5.74, 6) is 1.07. The Morgan fingerprint density at radius 2 is 1.72 bits per heavy atom. The highest BCUT2D eigenvalue weighted by atomic mass is 19.4. The third-order valence-electron chi connectivity index (χ3n) is 4.69. The van der Waals surface area contributed by atoms with Crippen LogP contribution >= 0.6 is 0 Å².